The number of ether oxygens (including phenoxy) is 2. The third-order valence-electron chi connectivity index (χ3n) is 5.78. The summed E-state index contributed by atoms with van der Waals surface area (Å²) < 4.78 is 13.1. The van der Waals surface area contributed by atoms with Gasteiger partial charge in [-0.2, -0.15) is 5.10 Å². The first kappa shape index (κ1) is 28.8. The number of nitrogens with one attached hydrogen (secondary N) is 1. The Bertz CT molecular complexity index is 1420. The molecule has 0 saturated heterocycles. The average molecular weight is 544 g/mol. The first-order valence-electron chi connectivity index (χ1n) is 12.5. The fraction of sp³-hybridized carbons (Fsp3) is 0.462. The van der Waals surface area contributed by atoms with E-state index >= 15 is 0 Å². The van der Waals surface area contributed by atoms with Gasteiger partial charge in [0.2, 0.25) is 11.9 Å². The number of hydrogen-bond acceptors (Lipinski definition) is 9. The monoisotopic (exact) mass is 543 g/mol. The Morgan fingerprint density at radius 2 is 1.71 bits per heavy atom. The van der Waals surface area contributed by atoms with Crippen molar-refractivity contribution in [3.8, 4) is 5.95 Å². The summed E-state index contributed by atoms with van der Waals surface area (Å²) in [5.74, 6) is -1.64. The maximum Gasteiger partial charge on any atom is 0.348 e. The van der Waals surface area contributed by atoms with Crippen LogP contribution in [-0.4, -0.2) is 50.4 Å². The fourth-order valence-electron chi connectivity index (χ4n) is 4.03. The molecule has 3 rings (SSSR count). The van der Waals surface area contributed by atoms with Gasteiger partial charge in [0.05, 0.1) is 24.5 Å². The Morgan fingerprint density at radius 3 is 2.29 bits per heavy atom. The Morgan fingerprint density at radius 1 is 1.05 bits per heavy atom. The lowest BCUT2D eigenvalue weighted by Gasteiger charge is -2.20. The largest absolute Gasteiger partial charge is 0.462 e. The normalized spacial score (nSPS) is 11.8. The van der Waals surface area contributed by atoms with Crippen LogP contribution in [0.25, 0.3) is 5.95 Å². The molecule has 0 aliphatic carbocycles. The number of rotatable bonds is 10. The molecule has 3 aromatic heterocycles. The van der Waals surface area contributed by atoms with Crippen molar-refractivity contribution in [2.75, 3.05) is 18.5 Å². The molecule has 0 aliphatic rings. The zero-order chi connectivity index (χ0) is 28.1. The van der Waals surface area contributed by atoms with E-state index in [1.54, 1.807) is 27.7 Å². The van der Waals surface area contributed by atoms with Crippen molar-refractivity contribution in [3.05, 3.63) is 55.6 Å². The van der Waals surface area contributed by atoms with Crippen LogP contribution in [0.3, 0.4) is 0 Å². The molecule has 1 unspecified atom stereocenters. The molecule has 11 nitrogen and oxygen atoms in total. The molecule has 1 atom stereocenters. The van der Waals surface area contributed by atoms with Crippen molar-refractivity contribution in [2.24, 2.45) is 0 Å². The number of aryl methyl sites for hydroxylation is 3. The standard InChI is InChI=1S/C26H33N5O6S/c1-8-11-18-13-19(32)30(26(27-18)31-15(5)12-14(4)29-31)17(7)22(33)28-23-20(24(34)36-9-2)16(6)21(38-23)25(35)37-10-3/h12-13,17H,8-11H2,1-7H3,(H,28,33). The second kappa shape index (κ2) is 12.2. The SMILES string of the molecule is CCCc1cc(=O)n(C(C)C(=O)Nc2sc(C(=O)OCC)c(C)c2C(=O)OCC)c(-n2nc(C)cc2C)n1. The summed E-state index contributed by atoms with van der Waals surface area (Å²) in [6.45, 7) is 12.4. The molecule has 0 radical (unpaired) electrons. The molecule has 12 heteroatoms. The fourth-order valence-corrected chi connectivity index (χ4v) is 5.12. The van der Waals surface area contributed by atoms with E-state index in [9.17, 15) is 19.2 Å². The number of carbonyl (C=O) groups is 3. The molecule has 38 heavy (non-hydrogen) atoms. The number of carbonyl (C=O) groups excluding carboxylic acids is 3. The van der Waals surface area contributed by atoms with Crippen molar-refractivity contribution in [2.45, 2.75) is 67.3 Å². The third-order valence-corrected chi connectivity index (χ3v) is 6.97. The van der Waals surface area contributed by atoms with E-state index in [0.717, 1.165) is 29.1 Å². The number of esters is 2. The Labute approximate surface area is 224 Å². The quantitative estimate of drug-likeness (QED) is 0.380. The molecule has 0 bridgehead atoms. The molecule has 0 aliphatic heterocycles. The Kier molecular flexibility index (Phi) is 9.21. The van der Waals surface area contributed by atoms with Gasteiger partial charge < -0.3 is 14.8 Å². The van der Waals surface area contributed by atoms with Gasteiger partial charge in [-0.3, -0.25) is 14.2 Å². The summed E-state index contributed by atoms with van der Waals surface area (Å²) in [5.41, 5.74) is 2.10. The van der Waals surface area contributed by atoms with Gasteiger partial charge >= 0.3 is 11.9 Å². The Hall–Kier alpha value is -3.80. The van der Waals surface area contributed by atoms with E-state index in [-0.39, 0.29) is 34.6 Å². The zero-order valence-corrected chi connectivity index (χ0v) is 23.5. The molecule has 204 valence electrons. The highest BCUT2D eigenvalue weighted by molar-refractivity contribution is 7.18. The van der Waals surface area contributed by atoms with Crippen LogP contribution in [0.1, 0.15) is 82.8 Å². The topological polar surface area (TPSA) is 134 Å². The summed E-state index contributed by atoms with van der Waals surface area (Å²) in [4.78, 5) is 56.8. The molecule has 0 spiro atoms. The van der Waals surface area contributed by atoms with Gasteiger partial charge in [-0.25, -0.2) is 19.3 Å². The summed E-state index contributed by atoms with van der Waals surface area (Å²) in [6, 6.07) is 2.24. The van der Waals surface area contributed by atoms with Crippen LogP contribution in [-0.2, 0) is 20.7 Å². The first-order chi connectivity index (χ1) is 18.0. The number of anilines is 1. The van der Waals surface area contributed by atoms with Gasteiger partial charge in [0.1, 0.15) is 15.9 Å². The highest BCUT2D eigenvalue weighted by atomic mass is 32.1. The molecule has 1 N–H and O–H groups in total. The first-order valence-corrected chi connectivity index (χ1v) is 13.3. The third kappa shape index (κ3) is 5.85. The van der Waals surface area contributed by atoms with Crippen LogP contribution in [0, 0.1) is 20.8 Å². The number of hydrogen-bond donors (Lipinski definition) is 1. The van der Waals surface area contributed by atoms with Crippen LogP contribution >= 0.6 is 11.3 Å². The summed E-state index contributed by atoms with van der Waals surface area (Å²) in [5, 5.41) is 7.33. The highest BCUT2D eigenvalue weighted by Crippen LogP contribution is 2.35. The van der Waals surface area contributed by atoms with Crippen LogP contribution in [0.5, 0.6) is 0 Å². The van der Waals surface area contributed by atoms with E-state index in [1.807, 2.05) is 26.8 Å². The van der Waals surface area contributed by atoms with E-state index < -0.39 is 29.4 Å². The second-order valence-electron chi connectivity index (χ2n) is 8.71. The minimum atomic E-state index is -1.03. The molecule has 3 aromatic rings. The predicted molar refractivity (Wildman–Crippen MR) is 143 cm³/mol. The zero-order valence-electron chi connectivity index (χ0n) is 22.7. The Balaban J connectivity index is 2.08. The summed E-state index contributed by atoms with van der Waals surface area (Å²) in [7, 11) is 0. The molecule has 3 heterocycles. The summed E-state index contributed by atoms with van der Waals surface area (Å²) in [6.07, 6.45) is 1.39. The predicted octanol–water partition coefficient (Wildman–Crippen LogP) is 3.92. The van der Waals surface area contributed by atoms with Gasteiger partial charge in [-0.15, -0.1) is 11.3 Å². The van der Waals surface area contributed by atoms with E-state index in [1.165, 1.54) is 15.3 Å². The van der Waals surface area contributed by atoms with E-state index in [0.29, 0.717) is 17.7 Å². The highest BCUT2D eigenvalue weighted by Gasteiger charge is 2.30. The molecule has 0 aromatic carbocycles. The number of thiophene rings is 1. The number of aromatic nitrogens is 4. The lowest BCUT2D eigenvalue weighted by molar-refractivity contribution is -0.118. The second-order valence-corrected chi connectivity index (χ2v) is 9.73. The molecule has 0 saturated carbocycles. The van der Waals surface area contributed by atoms with Gasteiger partial charge in [0.25, 0.3) is 5.56 Å². The van der Waals surface area contributed by atoms with Crippen molar-refractivity contribution in [1.29, 1.82) is 0 Å². The van der Waals surface area contributed by atoms with Crippen molar-refractivity contribution in [3.63, 3.8) is 0 Å². The lowest BCUT2D eigenvalue weighted by Crippen LogP contribution is -2.35. The average Bonchev–Trinajstić information content (AvgIpc) is 3.36. The van der Waals surface area contributed by atoms with Gasteiger partial charge in [-0.1, -0.05) is 13.3 Å². The maximum atomic E-state index is 13.5. The minimum Gasteiger partial charge on any atom is -0.462 e. The van der Waals surface area contributed by atoms with Crippen LogP contribution in [0.4, 0.5) is 5.00 Å². The lowest BCUT2D eigenvalue weighted by atomic mass is 10.1. The van der Waals surface area contributed by atoms with Gasteiger partial charge in [0, 0.05) is 17.5 Å². The van der Waals surface area contributed by atoms with E-state index in [4.69, 9.17) is 9.47 Å². The number of nitrogens with zero attached hydrogens (tertiary/aromatic N) is 4. The smallest absolute Gasteiger partial charge is 0.348 e. The molecular weight excluding hydrogens is 510 g/mol. The molecule has 0 fully saturated rings. The van der Waals surface area contributed by atoms with Crippen molar-refractivity contribution in [1.82, 2.24) is 19.3 Å². The molecular formula is C26H33N5O6S. The van der Waals surface area contributed by atoms with Crippen molar-refractivity contribution >= 4 is 34.2 Å². The van der Waals surface area contributed by atoms with E-state index in [2.05, 4.69) is 15.4 Å². The van der Waals surface area contributed by atoms with Gasteiger partial charge in [-0.05, 0) is 59.6 Å². The maximum absolute atomic E-state index is 13.5. The van der Waals surface area contributed by atoms with Crippen molar-refractivity contribution < 1.29 is 23.9 Å². The van der Waals surface area contributed by atoms with Crippen LogP contribution < -0.4 is 10.9 Å². The van der Waals surface area contributed by atoms with Crippen LogP contribution in [0.2, 0.25) is 0 Å². The number of amides is 1. The van der Waals surface area contributed by atoms with Gasteiger partial charge in [0.15, 0.2) is 0 Å². The van der Waals surface area contributed by atoms with Crippen LogP contribution in [0.15, 0.2) is 16.9 Å². The summed E-state index contributed by atoms with van der Waals surface area (Å²) >= 11 is 0.921. The minimum absolute atomic E-state index is 0.0722. The molecule has 1 amide bonds.